The maximum absolute atomic E-state index is 12.6. The van der Waals surface area contributed by atoms with Crippen LogP contribution in [0.1, 0.15) is 27.3 Å². The number of nitrogens with zero attached hydrogens (tertiary/aromatic N) is 2. The summed E-state index contributed by atoms with van der Waals surface area (Å²) in [4.78, 5) is 19.8. The maximum atomic E-state index is 12.6. The lowest BCUT2D eigenvalue weighted by molar-refractivity contribution is -0.141. The number of carbonyl (C=O) groups excluding carboxylic acids is 1. The first-order valence-electron chi connectivity index (χ1n) is 8.50. The predicted octanol–water partition coefficient (Wildman–Crippen LogP) is 4.71. The molecule has 3 heterocycles. The molecule has 8 heteroatoms. The number of aromatic nitrogens is 4. The Balaban J connectivity index is 1.57. The number of aryl methyl sites for hydroxylation is 1. The van der Waals surface area contributed by atoms with Crippen molar-refractivity contribution in [1.29, 1.82) is 0 Å². The molecule has 4 aromatic rings. The first-order chi connectivity index (χ1) is 13.3. The van der Waals surface area contributed by atoms with E-state index in [0.717, 1.165) is 28.3 Å². The highest BCUT2D eigenvalue weighted by Gasteiger charge is 2.33. The summed E-state index contributed by atoms with van der Waals surface area (Å²) >= 11 is 0. The van der Waals surface area contributed by atoms with E-state index in [1.165, 1.54) is 6.20 Å². The van der Waals surface area contributed by atoms with Gasteiger partial charge in [0.1, 0.15) is 17.0 Å². The first-order valence-corrected chi connectivity index (χ1v) is 8.50. The largest absolute Gasteiger partial charge is 0.432 e. The number of aromatic amines is 2. The number of Topliss-reactive ketones (excluding diaryl/α,β-unsaturated/α-hetero) is 1. The molecule has 0 atom stereocenters. The molecule has 142 valence electrons. The van der Waals surface area contributed by atoms with Crippen LogP contribution in [-0.2, 0) is 12.6 Å². The fourth-order valence-electron chi connectivity index (χ4n) is 2.93. The molecule has 0 bridgehead atoms. The average molecular weight is 384 g/mol. The zero-order valence-electron chi connectivity index (χ0n) is 14.8. The molecule has 3 aromatic heterocycles. The highest BCUT2D eigenvalue weighted by molar-refractivity contribution is 5.96. The summed E-state index contributed by atoms with van der Waals surface area (Å²) in [5.74, 6) is -0.512. The molecule has 0 saturated heterocycles. The maximum Gasteiger partial charge on any atom is 0.432 e. The van der Waals surface area contributed by atoms with E-state index in [2.05, 4.69) is 15.1 Å². The van der Waals surface area contributed by atoms with Gasteiger partial charge < -0.3 is 4.98 Å². The second-order valence-electron chi connectivity index (χ2n) is 6.60. The molecular formula is C20H15F3N4O. The van der Waals surface area contributed by atoms with E-state index in [1.54, 1.807) is 6.07 Å². The molecule has 2 N–H and O–H groups in total. The molecule has 0 saturated carbocycles. The summed E-state index contributed by atoms with van der Waals surface area (Å²) in [7, 11) is 0. The van der Waals surface area contributed by atoms with Crippen LogP contribution < -0.4 is 0 Å². The molecule has 0 unspecified atom stereocenters. The van der Waals surface area contributed by atoms with E-state index in [-0.39, 0.29) is 12.1 Å². The van der Waals surface area contributed by atoms with Gasteiger partial charge in [-0.2, -0.15) is 18.3 Å². The highest BCUT2D eigenvalue weighted by Crippen LogP contribution is 2.28. The molecule has 0 amide bonds. The van der Waals surface area contributed by atoms with Gasteiger partial charge in [-0.3, -0.25) is 9.89 Å². The van der Waals surface area contributed by atoms with E-state index in [0.29, 0.717) is 11.2 Å². The first kappa shape index (κ1) is 18.0. The Labute approximate surface area is 157 Å². The van der Waals surface area contributed by atoms with E-state index < -0.39 is 17.7 Å². The molecule has 0 radical (unpaired) electrons. The SMILES string of the molecule is Cc1ccc(-c2cc3cc(CC(=O)c4cc(C(F)(F)F)[nH]n4)cnc3[nH]2)cc1. The third-order valence-corrected chi connectivity index (χ3v) is 4.42. The van der Waals surface area contributed by atoms with Gasteiger partial charge in [0.2, 0.25) is 0 Å². The molecule has 4 rings (SSSR count). The number of alkyl halides is 3. The van der Waals surface area contributed by atoms with Gasteiger partial charge in [0.15, 0.2) is 5.78 Å². The normalized spacial score (nSPS) is 11.9. The monoisotopic (exact) mass is 384 g/mol. The molecule has 0 aliphatic rings. The van der Waals surface area contributed by atoms with Gasteiger partial charge in [0.25, 0.3) is 0 Å². The van der Waals surface area contributed by atoms with Crippen LogP contribution in [-0.4, -0.2) is 25.9 Å². The molecule has 5 nitrogen and oxygen atoms in total. The third kappa shape index (κ3) is 3.53. The number of rotatable bonds is 4. The zero-order valence-corrected chi connectivity index (χ0v) is 14.8. The van der Waals surface area contributed by atoms with E-state index in [1.807, 2.05) is 42.4 Å². The van der Waals surface area contributed by atoms with Crippen molar-refractivity contribution >= 4 is 16.8 Å². The van der Waals surface area contributed by atoms with Crippen LogP contribution in [0.5, 0.6) is 0 Å². The van der Waals surface area contributed by atoms with Crippen molar-refractivity contribution in [3.05, 3.63) is 71.2 Å². The summed E-state index contributed by atoms with van der Waals surface area (Å²) in [6, 6.07) is 12.5. The van der Waals surface area contributed by atoms with Crippen molar-refractivity contribution in [3.63, 3.8) is 0 Å². The molecule has 0 spiro atoms. The van der Waals surface area contributed by atoms with Gasteiger partial charge in [-0.25, -0.2) is 4.98 Å². The molecule has 0 aliphatic carbocycles. The van der Waals surface area contributed by atoms with Gasteiger partial charge in [-0.05, 0) is 36.2 Å². The van der Waals surface area contributed by atoms with Gasteiger partial charge in [0, 0.05) is 23.7 Å². The quantitative estimate of drug-likeness (QED) is 0.501. The fourth-order valence-corrected chi connectivity index (χ4v) is 2.93. The summed E-state index contributed by atoms with van der Waals surface area (Å²) < 4.78 is 37.9. The lowest BCUT2D eigenvalue weighted by atomic mass is 10.1. The number of hydrogen-bond donors (Lipinski definition) is 2. The Bertz CT molecular complexity index is 1160. The minimum absolute atomic E-state index is 0.0872. The lowest BCUT2D eigenvalue weighted by Gasteiger charge is -2.00. The van der Waals surface area contributed by atoms with Crippen LogP contribution in [0.4, 0.5) is 13.2 Å². The van der Waals surface area contributed by atoms with Crippen molar-refractivity contribution in [2.45, 2.75) is 19.5 Å². The number of pyridine rings is 1. The van der Waals surface area contributed by atoms with Crippen molar-refractivity contribution in [1.82, 2.24) is 20.2 Å². The number of ketones is 1. The van der Waals surface area contributed by atoms with Crippen LogP contribution in [0.3, 0.4) is 0 Å². The highest BCUT2D eigenvalue weighted by atomic mass is 19.4. The summed E-state index contributed by atoms with van der Waals surface area (Å²) in [6.45, 7) is 2.01. The van der Waals surface area contributed by atoms with Gasteiger partial charge in [0.05, 0.1) is 0 Å². The Morgan fingerprint density at radius 1 is 1.11 bits per heavy atom. The second kappa shape index (κ2) is 6.63. The number of benzene rings is 1. The van der Waals surface area contributed by atoms with E-state index >= 15 is 0 Å². The minimum atomic E-state index is -4.57. The van der Waals surface area contributed by atoms with Crippen LogP contribution in [0.15, 0.2) is 48.7 Å². The minimum Gasteiger partial charge on any atom is -0.339 e. The van der Waals surface area contributed by atoms with Gasteiger partial charge >= 0.3 is 6.18 Å². The molecule has 0 aliphatic heterocycles. The van der Waals surface area contributed by atoms with Crippen LogP contribution in [0, 0.1) is 6.92 Å². The Morgan fingerprint density at radius 3 is 2.54 bits per heavy atom. The smallest absolute Gasteiger partial charge is 0.339 e. The summed E-state index contributed by atoms with van der Waals surface area (Å²) in [5, 5.41) is 6.14. The topological polar surface area (TPSA) is 74.4 Å². The van der Waals surface area contributed by atoms with Crippen LogP contribution in [0.25, 0.3) is 22.3 Å². The number of H-pyrrole nitrogens is 2. The molecule has 1 aromatic carbocycles. The van der Waals surface area contributed by atoms with E-state index in [9.17, 15) is 18.0 Å². The predicted molar refractivity (Wildman–Crippen MR) is 97.9 cm³/mol. The standard InChI is InChI=1S/C20H15F3N4O/c1-11-2-4-13(5-3-11)15-8-14-6-12(10-24-19(14)25-15)7-17(28)16-9-18(27-26-16)20(21,22)23/h2-6,8-10H,7H2,1H3,(H,24,25)(H,26,27). The van der Waals surface area contributed by atoms with Crippen molar-refractivity contribution in [2.75, 3.05) is 0 Å². The van der Waals surface area contributed by atoms with Crippen molar-refractivity contribution < 1.29 is 18.0 Å². The van der Waals surface area contributed by atoms with Crippen molar-refractivity contribution in [2.24, 2.45) is 0 Å². The lowest BCUT2D eigenvalue weighted by Crippen LogP contribution is -2.05. The van der Waals surface area contributed by atoms with Crippen molar-refractivity contribution in [3.8, 4) is 11.3 Å². The number of hydrogen-bond acceptors (Lipinski definition) is 3. The number of fused-ring (bicyclic) bond motifs is 1. The molecule has 28 heavy (non-hydrogen) atoms. The molecule has 0 fully saturated rings. The average Bonchev–Trinajstić information content (AvgIpc) is 3.29. The fraction of sp³-hybridized carbons (Fsp3) is 0.150. The summed E-state index contributed by atoms with van der Waals surface area (Å²) in [6.07, 6.45) is -3.12. The number of nitrogens with one attached hydrogen (secondary N) is 2. The zero-order chi connectivity index (χ0) is 19.9. The van der Waals surface area contributed by atoms with Gasteiger partial charge in [-0.15, -0.1) is 0 Å². The van der Waals surface area contributed by atoms with E-state index in [4.69, 9.17) is 0 Å². The van der Waals surface area contributed by atoms with Gasteiger partial charge in [-0.1, -0.05) is 29.8 Å². The number of carbonyl (C=O) groups is 1. The number of halogens is 3. The molecular weight excluding hydrogens is 369 g/mol. The second-order valence-corrected chi connectivity index (χ2v) is 6.60. The Hall–Kier alpha value is -3.42. The Kier molecular flexibility index (Phi) is 4.26. The Morgan fingerprint density at radius 2 is 1.86 bits per heavy atom. The third-order valence-electron chi connectivity index (χ3n) is 4.42. The summed E-state index contributed by atoms with van der Waals surface area (Å²) in [5.41, 5.74) is 3.05. The van der Waals surface area contributed by atoms with Crippen LogP contribution >= 0.6 is 0 Å². The van der Waals surface area contributed by atoms with Crippen LogP contribution in [0.2, 0.25) is 0 Å².